The second-order valence-corrected chi connectivity index (χ2v) is 8.32. The smallest absolute Gasteiger partial charge is 0.416 e. The SMILES string of the molecule is O=C(O)Nc1cccc(CC(=O)Nc2ccc(NC(=O)c3ccccc3-c3ccc(C(F)(F)F)cc3)cc2)n1. The van der Waals surface area contributed by atoms with Crippen molar-refractivity contribution in [1.29, 1.82) is 0 Å². The molecule has 4 rings (SSSR count). The van der Waals surface area contributed by atoms with Crippen LogP contribution in [0.3, 0.4) is 0 Å². The van der Waals surface area contributed by atoms with Gasteiger partial charge in [-0.15, -0.1) is 0 Å². The van der Waals surface area contributed by atoms with E-state index in [1.165, 1.54) is 18.2 Å². The molecule has 39 heavy (non-hydrogen) atoms. The van der Waals surface area contributed by atoms with E-state index in [-0.39, 0.29) is 23.7 Å². The van der Waals surface area contributed by atoms with Gasteiger partial charge in [0.05, 0.1) is 17.7 Å². The van der Waals surface area contributed by atoms with Crippen molar-refractivity contribution in [2.75, 3.05) is 16.0 Å². The van der Waals surface area contributed by atoms with Crippen LogP contribution >= 0.6 is 0 Å². The second-order valence-electron chi connectivity index (χ2n) is 8.32. The van der Waals surface area contributed by atoms with Crippen LogP contribution in [0.15, 0.2) is 91.0 Å². The quantitative estimate of drug-likeness (QED) is 0.222. The minimum atomic E-state index is -4.46. The highest BCUT2D eigenvalue weighted by molar-refractivity contribution is 6.08. The van der Waals surface area contributed by atoms with Gasteiger partial charge in [-0.1, -0.05) is 36.4 Å². The van der Waals surface area contributed by atoms with Crippen molar-refractivity contribution in [2.45, 2.75) is 12.6 Å². The highest BCUT2D eigenvalue weighted by atomic mass is 19.4. The van der Waals surface area contributed by atoms with Gasteiger partial charge in [0.2, 0.25) is 5.91 Å². The Balaban J connectivity index is 1.40. The topological polar surface area (TPSA) is 120 Å². The molecular formula is C28H21F3N4O4. The van der Waals surface area contributed by atoms with E-state index < -0.39 is 23.7 Å². The number of nitrogens with zero attached hydrogens (tertiary/aromatic N) is 1. The average Bonchev–Trinajstić information content (AvgIpc) is 2.89. The monoisotopic (exact) mass is 534 g/mol. The highest BCUT2D eigenvalue weighted by Gasteiger charge is 2.30. The number of hydrogen-bond donors (Lipinski definition) is 4. The Morgan fingerprint density at radius 1 is 0.744 bits per heavy atom. The third kappa shape index (κ3) is 7.19. The molecule has 0 spiro atoms. The van der Waals surface area contributed by atoms with Crippen LogP contribution < -0.4 is 16.0 Å². The number of aromatic nitrogens is 1. The van der Waals surface area contributed by atoms with E-state index in [9.17, 15) is 27.6 Å². The molecule has 11 heteroatoms. The van der Waals surface area contributed by atoms with Crippen LogP contribution in [-0.4, -0.2) is 28.0 Å². The van der Waals surface area contributed by atoms with Crippen molar-refractivity contribution in [3.05, 3.63) is 108 Å². The maximum absolute atomic E-state index is 13.0. The zero-order valence-corrected chi connectivity index (χ0v) is 20.1. The number of carbonyl (C=O) groups excluding carboxylic acids is 2. The molecule has 0 atom stereocenters. The first kappa shape index (κ1) is 26.9. The summed E-state index contributed by atoms with van der Waals surface area (Å²) in [7, 11) is 0. The molecule has 3 amide bonds. The van der Waals surface area contributed by atoms with Gasteiger partial charge in [-0.3, -0.25) is 14.9 Å². The van der Waals surface area contributed by atoms with Gasteiger partial charge >= 0.3 is 12.3 Å². The van der Waals surface area contributed by atoms with Gasteiger partial charge < -0.3 is 15.7 Å². The largest absolute Gasteiger partial charge is 0.465 e. The van der Waals surface area contributed by atoms with E-state index in [0.29, 0.717) is 28.2 Å². The van der Waals surface area contributed by atoms with Gasteiger partial charge in [-0.05, 0) is 65.7 Å². The molecule has 8 nitrogen and oxygen atoms in total. The number of anilines is 3. The molecule has 0 fully saturated rings. The zero-order chi connectivity index (χ0) is 28.0. The molecule has 0 saturated carbocycles. The fraction of sp³-hybridized carbons (Fsp3) is 0.0714. The average molecular weight is 534 g/mol. The first-order valence-electron chi connectivity index (χ1n) is 11.5. The van der Waals surface area contributed by atoms with E-state index in [1.807, 2.05) is 0 Å². The number of carboxylic acid groups (broad SMARTS) is 1. The summed E-state index contributed by atoms with van der Waals surface area (Å²) >= 11 is 0. The lowest BCUT2D eigenvalue weighted by atomic mass is 9.98. The minimum Gasteiger partial charge on any atom is -0.465 e. The van der Waals surface area contributed by atoms with Crippen LogP contribution in [-0.2, 0) is 17.4 Å². The van der Waals surface area contributed by atoms with Crippen LogP contribution in [0.4, 0.5) is 35.2 Å². The molecular weight excluding hydrogens is 513 g/mol. The van der Waals surface area contributed by atoms with E-state index >= 15 is 0 Å². The summed E-state index contributed by atoms with van der Waals surface area (Å²) in [5.41, 5.74) is 1.71. The van der Waals surface area contributed by atoms with Crippen LogP contribution in [0.25, 0.3) is 11.1 Å². The standard InChI is InChI=1S/C28H21F3N4O4/c29-28(30,31)18-10-8-17(9-11-18)22-5-1-2-6-23(22)26(37)34-20-14-12-19(13-15-20)33-25(36)16-21-4-3-7-24(32-21)35-27(38)39/h1-15H,16H2,(H,32,35)(H,33,36)(H,34,37)(H,38,39). The lowest BCUT2D eigenvalue weighted by Crippen LogP contribution is -2.16. The third-order valence-corrected chi connectivity index (χ3v) is 5.50. The maximum atomic E-state index is 13.0. The Hall–Kier alpha value is -5.19. The number of amides is 3. The van der Waals surface area contributed by atoms with Crippen molar-refractivity contribution >= 4 is 35.1 Å². The van der Waals surface area contributed by atoms with E-state index in [1.54, 1.807) is 60.7 Å². The first-order valence-corrected chi connectivity index (χ1v) is 11.5. The second kappa shape index (κ2) is 11.5. The van der Waals surface area contributed by atoms with E-state index in [2.05, 4.69) is 20.9 Å². The van der Waals surface area contributed by atoms with Crippen LogP contribution in [0, 0.1) is 0 Å². The van der Waals surface area contributed by atoms with Crippen LogP contribution in [0.1, 0.15) is 21.6 Å². The van der Waals surface area contributed by atoms with Gasteiger partial charge in [-0.25, -0.2) is 9.78 Å². The van der Waals surface area contributed by atoms with Gasteiger partial charge in [0, 0.05) is 16.9 Å². The van der Waals surface area contributed by atoms with Crippen LogP contribution in [0.2, 0.25) is 0 Å². The van der Waals surface area contributed by atoms with Crippen molar-refractivity contribution in [3.63, 3.8) is 0 Å². The molecule has 198 valence electrons. The van der Waals surface area contributed by atoms with Crippen molar-refractivity contribution < 1.29 is 32.7 Å². The molecule has 3 aromatic carbocycles. The van der Waals surface area contributed by atoms with Gasteiger partial charge in [0.15, 0.2) is 0 Å². The molecule has 4 aromatic rings. The fourth-order valence-electron chi connectivity index (χ4n) is 3.73. The number of pyridine rings is 1. The zero-order valence-electron chi connectivity index (χ0n) is 20.1. The number of carbonyl (C=O) groups is 3. The van der Waals surface area contributed by atoms with Gasteiger partial charge in [0.1, 0.15) is 5.82 Å². The Morgan fingerprint density at radius 2 is 1.38 bits per heavy atom. The summed E-state index contributed by atoms with van der Waals surface area (Å²) in [5.74, 6) is -0.728. The number of hydrogen-bond acceptors (Lipinski definition) is 4. The predicted molar refractivity (Wildman–Crippen MR) is 139 cm³/mol. The molecule has 0 unspecified atom stereocenters. The number of alkyl halides is 3. The maximum Gasteiger partial charge on any atom is 0.416 e. The molecule has 0 aliphatic carbocycles. The molecule has 0 aliphatic rings. The molecule has 4 N–H and O–H groups in total. The van der Waals surface area contributed by atoms with Crippen LogP contribution in [0.5, 0.6) is 0 Å². The summed E-state index contributed by atoms with van der Waals surface area (Å²) in [6, 6.07) is 22.1. The van der Waals surface area contributed by atoms with Crippen molar-refractivity contribution in [3.8, 4) is 11.1 Å². The minimum absolute atomic E-state index is 0.0889. The Bertz CT molecular complexity index is 1500. The molecule has 0 radical (unpaired) electrons. The summed E-state index contributed by atoms with van der Waals surface area (Å²) in [6.45, 7) is 0. The normalized spacial score (nSPS) is 10.9. The molecule has 0 saturated heterocycles. The predicted octanol–water partition coefficient (Wildman–Crippen LogP) is 6.29. The lowest BCUT2D eigenvalue weighted by molar-refractivity contribution is -0.137. The van der Waals surface area contributed by atoms with Gasteiger partial charge in [0.25, 0.3) is 5.91 Å². The summed E-state index contributed by atoms with van der Waals surface area (Å²) in [5, 5.41) is 16.4. The number of nitrogens with one attached hydrogen (secondary N) is 3. The van der Waals surface area contributed by atoms with E-state index in [4.69, 9.17) is 5.11 Å². The summed E-state index contributed by atoms with van der Waals surface area (Å²) in [4.78, 5) is 40.2. The first-order chi connectivity index (χ1) is 18.6. The number of halogens is 3. The third-order valence-electron chi connectivity index (χ3n) is 5.50. The Kier molecular flexibility index (Phi) is 7.90. The lowest BCUT2D eigenvalue weighted by Gasteiger charge is -2.12. The van der Waals surface area contributed by atoms with Gasteiger partial charge in [-0.2, -0.15) is 13.2 Å². The highest BCUT2D eigenvalue weighted by Crippen LogP contribution is 2.32. The fourth-order valence-corrected chi connectivity index (χ4v) is 3.73. The molecule has 1 heterocycles. The summed E-state index contributed by atoms with van der Waals surface area (Å²) < 4.78 is 38.7. The van der Waals surface area contributed by atoms with Crippen molar-refractivity contribution in [1.82, 2.24) is 4.98 Å². The Labute approximate surface area is 220 Å². The number of benzene rings is 3. The summed E-state index contributed by atoms with van der Waals surface area (Å²) in [6.07, 6.45) is -5.81. The van der Waals surface area contributed by atoms with E-state index in [0.717, 1.165) is 12.1 Å². The number of rotatable bonds is 7. The van der Waals surface area contributed by atoms with Crippen molar-refractivity contribution in [2.24, 2.45) is 0 Å². The molecule has 0 bridgehead atoms. The molecule has 1 aromatic heterocycles. The molecule has 0 aliphatic heterocycles. The Morgan fingerprint density at radius 3 is 2.03 bits per heavy atom.